The van der Waals surface area contributed by atoms with Gasteiger partial charge in [-0.25, -0.2) is 0 Å². The van der Waals surface area contributed by atoms with E-state index in [1.807, 2.05) is 6.92 Å². The van der Waals surface area contributed by atoms with Crippen molar-refractivity contribution in [1.29, 1.82) is 0 Å². The highest BCUT2D eigenvalue weighted by atomic mass is 79.9. The lowest BCUT2D eigenvalue weighted by Crippen LogP contribution is -2.49. The summed E-state index contributed by atoms with van der Waals surface area (Å²) >= 11 is 3.51. The third kappa shape index (κ3) is 3.37. The van der Waals surface area contributed by atoms with Crippen molar-refractivity contribution < 1.29 is 9.84 Å². The Morgan fingerprint density at radius 3 is 2.79 bits per heavy atom. The molecule has 0 saturated carbocycles. The van der Waals surface area contributed by atoms with Crippen LogP contribution in [0.4, 0.5) is 0 Å². The molecule has 3 unspecified atom stereocenters. The van der Waals surface area contributed by atoms with Gasteiger partial charge in [0.2, 0.25) is 0 Å². The van der Waals surface area contributed by atoms with Crippen LogP contribution in [0.15, 0.2) is 22.7 Å². The average Bonchev–Trinajstić information content (AvgIpc) is 2.39. The molecule has 0 fully saturated rings. The van der Waals surface area contributed by atoms with E-state index in [1.165, 1.54) is 11.1 Å². The fourth-order valence-electron chi connectivity index (χ4n) is 2.61. The van der Waals surface area contributed by atoms with Crippen LogP contribution in [0.5, 0.6) is 0 Å². The van der Waals surface area contributed by atoms with E-state index in [1.54, 1.807) is 6.92 Å². The Balaban J connectivity index is 2.19. The van der Waals surface area contributed by atoms with Crippen molar-refractivity contribution >= 4 is 15.9 Å². The summed E-state index contributed by atoms with van der Waals surface area (Å²) in [7, 11) is 0. The highest BCUT2D eigenvalue weighted by Crippen LogP contribution is 2.33. The van der Waals surface area contributed by atoms with Crippen LogP contribution in [0.1, 0.15) is 31.4 Å². The Labute approximate surface area is 123 Å². The molecule has 3 N–H and O–H groups in total. The third-order valence-corrected chi connectivity index (χ3v) is 4.51. The van der Waals surface area contributed by atoms with E-state index in [0.29, 0.717) is 6.54 Å². The van der Waals surface area contributed by atoms with Crippen molar-refractivity contribution in [3.05, 3.63) is 33.8 Å². The summed E-state index contributed by atoms with van der Waals surface area (Å²) in [6.45, 7) is 4.14. The van der Waals surface area contributed by atoms with Gasteiger partial charge in [0.1, 0.15) is 0 Å². The topological polar surface area (TPSA) is 55.5 Å². The second-order valence-corrected chi connectivity index (χ2v) is 6.46. The predicted molar refractivity (Wildman–Crippen MR) is 80.2 cm³/mol. The highest BCUT2D eigenvalue weighted by molar-refractivity contribution is 9.10. The maximum Gasteiger partial charge on any atom is 0.0852 e. The normalized spacial score (nSPS) is 25.7. The average molecular weight is 328 g/mol. The number of hydrogen-bond acceptors (Lipinski definition) is 3. The number of nitrogens with two attached hydrogens (primary N) is 1. The van der Waals surface area contributed by atoms with Gasteiger partial charge in [0.05, 0.1) is 17.8 Å². The van der Waals surface area contributed by atoms with Gasteiger partial charge in [0.25, 0.3) is 0 Å². The molecule has 0 amide bonds. The van der Waals surface area contributed by atoms with E-state index < -0.39 is 6.10 Å². The first-order valence-corrected chi connectivity index (χ1v) is 7.58. The van der Waals surface area contributed by atoms with Crippen molar-refractivity contribution in [2.24, 2.45) is 5.73 Å². The fraction of sp³-hybridized carbons (Fsp3) is 0.600. The van der Waals surface area contributed by atoms with Crippen LogP contribution in [-0.4, -0.2) is 29.5 Å². The number of benzene rings is 1. The van der Waals surface area contributed by atoms with Crippen molar-refractivity contribution in [2.45, 2.75) is 50.9 Å². The second-order valence-electron chi connectivity index (χ2n) is 5.54. The van der Waals surface area contributed by atoms with Crippen molar-refractivity contribution in [1.82, 2.24) is 0 Å². The van der Waals surface area contributed by atoms with Crippen LogP contribution >= 0.6 is 15.9 Å². The zero-order chi connectivity index (χ0) is 14.0. The van der Waals surface area contributed by atoms with Gasteiger partial charge in [-0.1, -0.05) is 22.0 Å². The van der Waals surface area contributed by atoms with Crippen LogP contribution in [0.25, 0.3) is 0 Å². The zero-order valence-corrected chi connectivity index (χ0v) is 13.1. The molecule has 0 saturated heterocycles. The minimum absolute atomic E-state index is 0.194. The molecule has 0 radical (unpaired) electrons. The molecule has 0 heterocycles. The quantitative estimate of drug-likeness (QED) is 0.892. The summed E-state index contributed by atoms with van der Waals surface area (Å²) in [5, 5.41) is 9.62. The summed E-state index contributed by atoms with van der Waals surface area (Å²) < 4.78 is 7.21. The molecule has 1 aromatic rings. The number of aliphatic hydroxyl groups excluding tert-OH is 1. The monoisotopic (exact) mass is 327 g/mol. The van der Waals surface area contributed by atoms with E-state index in [4.69, 9.17) is 10.5 Å². The first kappa shape index (κ1) is 15.0. The Morgan fingerprint density at radius 1 is 1.42 bits per heavy atom. The van der Waals surface area contributed by atoms with Gasteiger partial charge < -0.3 is 15.6 Å². The lowest BCUT2D eigenvalue weighted by atomic mass is 9.80. The summed E-state index contributed by atoms with van der Waals surface area (Å²) in [6, 6.07) is 6.37. The Hall–Kier alpha value is -0.420. The van der Waals surface area contributed by atoms with Gasteiger partial charge >= 0.3 is 0 Å². The van der Waals surface area contributed by atoms with Crippen molar-refractivity contribution in [3.8, 4) is 0 Å². The molecule has 3 atom stereocenters. The van der Waals surface area contributed by atoms with Gasteiger partial charge in [-0.05, 0) is 49.9 Å². The van der Waals surface area contributed by atoms with Crippen LogP contribution < -0.4 is 5.73 Å². The number of halogens is 1. The lowest BCUT2D eigenvalue weighted by molar-refractivity contribution is -0.124. The highest BCUT2D eigenvalue weighted by Gasteiger charge is 2.36. The number of fused-ring (bicyclic) bond motifs is 1. The van der Waals surface area contributed by atoms with E-state index in [-0.39, 0.29) is 11.7 Å². The van der Waals surface area contributed by atoms with E-state index >= 15 is 0 Å². The Morgan fingerprint density at radius 2 is 2.16 bits per heavy atom. The molecule has 19 heavy (non-hydrogen) atoms. The molecule has 3 nitrogen and oxygen atoms in total. The van der Waals surface area contributed by atoms with E-state index in [0.717, 1.165) is 23.7 Å². The lowest BCUT2D eigenvalue weighted by Gasteiger charge is -2.40. The summed E-state index contributed by atoms with van der Waals surface area (Å²) in [5.41, 5.74) is 8.29. The Bertz CT molecular complexity index is 450. The molecule has 0 spiro atoms. The molecule has 1 aromatic carbocycles. The smallest absolute Gasteiger partial charge is 0.0852 e. The summed E-state index contributed by atoms with van der Waals surface area (Å²) in [5.74, 6) is 0. The number of aryl methyl sites for hydroxylation is 1. The standard InChI is InChI=1S/C15H22BrNO2/c1-10(18)11(2)19-15(9-17)6-5-12-7-14(16)4-3-13(12)8-15/h3-4,7,10-11,18H,5-6,8-9,17H2,1-2H3. The first-order chi connectivity index (χ1) is 8.96. The predicted octanol–water partition coefficient (Wildman–Crippen LogP) is 2.42. The van der Waals surface area contributed by atoms with Gasteiger partial charge in [0, 0.05) is 17.4 Å². The van der Waals surface area contributed by atoms with E-state index in [9.17, 15) is 5.11 Å². The molecule has 106 valence electrons. The van der Waals surface area contributed by atoms with Crippen LogP contribution in [0.2, 0.25) is 0 Å². The molecule has 0 bridgehead atoms. The number of ether oxygens (including phenoxy) is 1. The minimum Gasteiger partial charge on any atom is -0.391 e. The molecule has 4 heteroatoms. The molecule has 0 aromatic heterocycles. The van der Waals surface area contributed by atoms with Crippen LogP contribution in [0.3, 0.4) is 0 Å². The molecule has 2 rings (SSSR count). The van der Waals surface area contributed by atoms with Crippen LogP contribution in [0, 0.1) is 0 Å². The number of hydrogen-bond donors (Lipinski definition) is 2. The summed E-state index contributed by atoms with van der Waals surface area (Å²) in [4.78, 5) is 0. The molecular weight excluding hydrogens is 306 g/mol. The third-order valence-electron chi connectivity index (χ3n) is 4.02. The van der Waals surface area contributed by atoms with Gasteiger partial charge in [0.15, 0.2) is 0 Å². The molecular formula is C15H22BrNO2. The zero-order valence-electron chi connectivity index (χ0n) is 11.5. The minimum atomic E-state index is -0.477. The van der Waals surface area contributed by atoms with E-state index in [2.05, 4.69) is 34.1 Å². The molecule has 1 aliphatic rings. The van der Waals surface area contributed by atoms with Gasteiger partial charge in [-0.15, -0.1) is 0 Å². The van der Waals surface area contributed by atoms with Gasteiger partial charge in [-0.3, -0.25) is 0 Å². The molecule has 1 aliphatic carbocycles. The largest absolute Gasteiger partial charge is 0.391 e. The van der Waals surface area contributed by atoms with Crippen molar-refractivity contribution in [2.75, 3.05) is 6.54 Å². The van der Waals surface area contributed by atoms with Gasteiger partial charge in [-0.2, -0.15) is 0 Å². The number of rotatable bonds is 4. The number of aliphatic hydroxyl groups is 1. The SMILES string of the molecule is CC(O)C(C)OC1(CN)CCc2cc(Br)ccc2C1. The summed E-state index contributed by atoms with van der Waals surface area (Å²) in [6.07, 6.45) is 2.03. The Kier molecular flexibility index (Phi) is 4.66. The maximum atomic E-state index is 9.62. The molecule has 0 aliphatic heterocycles. The maximum absolute atomic E-state index is 9.62. The second kappa shape index (κ2) is 5.92. The van der Waals surface area contributed by atoms with Crippen LogP contribution in [-0.2, 0) is 17.6 Å². The fourth-order valence-corrected chi connectivity index (χ4v) is 3.02. The first-order valence-electron chi connectivity index (χ1n) is 6.79. The van der Waals surface area contributed by atoms with Crippen molar-refractivity contribution in [3.63, 3.8) is 0 Å².